The number of amides is 1. The van der Waals surface area contributed by atoms with Crippen molar-refractivity contribution in [2.45, 2.75) is 13.3 Å². The van der Waals surface area contributed by atoms with Crippen molar-refractivity contribution in [2.24, 2.45) is 0 Å². The normalized spacial score (nSPS) is 10.7. The highest BCUT2D eigenvalue weighted by Crippen LogP contribution is 2.14. The Bertz CT molecular complexity index is 728. The molecule has 0 saturated carbocycles. The Hall–Kier alpha value is -2.69. The fraction of sp³-hybridized carbons (Fsp3) is 0.188. The van der Waals surface area contributed by atoms with Crippen molar-refractivity contribution in [2.75, 3.05) is 6.54 Å². The van der Waals surface area contributed by atoms with Gasteiger partial charge in [-0.1, -0.05) is 18.2 Å². The maximum atomic E-state index is 11.9. The van der Waals surface area contributed by atoms with E-state index in [9.17, 15) is 4.79 Å². The molecular weight excluding hydrogens is 264 g/mol. The SMILES string of the molecule is Cc1cnc(C(=O)NCCc2cc3ccccc3[nH]2)cn1. The molecule has 0 unspecified atom stereocenters. The highest BCUT2D eigenvalue weighted by Gasteiger charge is 2.07. The first-order valence-electron chi connectivity index (χ1n) is 6.86. The predicted octanol–water partition coefficient (Wildman–Crippen LogP) is 2.24. The van der Waals surface area contributed by atoms with Gasteiger partial charge in [-0.25, -0.2) is 4.98 Å². The van der Waals surface area contributed by atoms with E-state index in [4.69, 9.17) is 0 Å². The van der Waals surface area contributed by atoms with Crippen LogP contribution in [-0.2, 0) is 6.42 Å². The number of hydrogen-bond acceptors (Lipinski definition) is 3. The van der Waals surface area contributed by atoms with Crippen molar-refractivity contribution >= 4 is 16.8 Å². The number of benzene rings is 1. The van der Waals surface area contributed by atoms with Crippen LogP contribution in [-0.4, -0.2) is 27.4 Å². The fourth-order valence-corrected chi connectivity index (χ4v) is 2.18. The minimum atomic E-state index is -0.196. The van der Waals surface area contributed by atoms with Gasteiger partial charge in [0.25, 0.3) is 5.91 Å². The summed E-state index contributed by atoms with van der Waals surface area (Å²) in [6.45, 7) is 2.39. The molecule has 2 heterocycles. The summed E-state index contributed by atoms with van der Waals surface area (Å²) < 4.78 is 0. The summed E-state index contributed by atoms with van der Waals surface area (Å²) in [5.41, 5.74) is 3.36. The van der Waals surface area contributed by atoms with Gasteiger partial charge in [0.05, 0.1) is 11.9 Å². The van der Waals surface area contributed by atoms with Crippen molar-refractivity contribution in [3.63, 3.8) is 0 Å². The van der Waals surface area contributed by atoms with Crippen molar-refractivity contribution in [1.29, 1.82) is 0 Å². The number of carbonyl (C=O) groups excluding carboxylic acids is 1. The molecule has 0 atom stereocenters. The van der Waals surface area contributed by atoms with Crippen molar-refractivity contribution < 1.29 is 4.79 Å². The van der Waals surface area contributed by atoms with Gasteiger partial charge in [-0.3, -0.25) is 9.78 Å². The van der Waals surface area contributed by atoms with Gasteiger partial charge < -0.3 is 10.3 Å². The highest BCUT2D eigenvalue weighted by atomic mass is 16.1. The van der Waals surface area contributed by atoms with E-state index in [1.165, 1.54) is 11.6 Å². The molecule has 0 bridgehead atoms. The van der Waals surface area contributed by atoms with Crippen LogP contribution in [0.1, 0.15) is 21.9 Å². The van der Waals surface area contributed by atoms with E-state index in [-0.39, 0.29) is 5.91 Å². The van der Waals surface area contributed by atoms with Crippen LogP contribution in [0.5, 0.6) is 0 Å². The summed E-state index contributed by atoms with van der Waals surface area (Å²) in [6.07, 6.45) is 3.83. The summed E-state index contributed by atoms with van der Waals surface area (Å²) in [6, 6.07) is 10.2. The number of para-hydroxylation sites is 1. The summed E-state index contributed by atoms with van der Waals surface area (Å²) in [4.78, 5) is 23.4. The molecule has 106 valence electrons. The van der Waals surface area contributed by atoms with Crippen molar-refractivity contribution in [3.05, 3.63) is 59.8 Å². The first-order chi connectivity index (χ1) is 10.2. The molecule has 0 fully saturated rings. The summed E-state index contributed by atoms with van der Waals surface area (Å²) in [5.74, 6) is -0.196. The molecule has 0 aliphatic carbocycles. The molecule has 3 aromatic rings. The average molecular weight is 280 g/mol. The van der Waals surface area contributed by atoms with Crippen LogP contribution in [0.15, 0.2) is 42.7 Å². The molecule has 3 rings (SSSR count). The molecule has 0 aliphatic heterocycles. The number of nitrogens with one attached hydrogen (secondary N) is 2. The first kappa shape index (κ1) is 13.3. The molecule has 0 saturated heterocycles. The molecule has 1 amide bonds. The van der Waals surface area contributed by atoms with Gasteiger partial charge in [-0.05, 0) is 24.4 Å². The number of H-pyrrole nitrogens is 1. The van der Waals surface area contributed by atoms with Gasteiger partial charge in [-0.2, -0.15) is 0 Å². The van der Waals surface area contributed by atoms with Crippen LogP contribution in [0.4, 0.5) is 0 Å². The van der Waals surface area contributed by atoms with Gasteiger partial charge in [0.1, 0.15) is 5.69 Å². The fourth-order valence-electron chi connectivity index (χ4n) is 2.18. The Labute approximate surface area is 122 Å². The van der Waals surface area contributed by atoms with E-state index < -0.39 is 0 Å². The third kappa shape index (κ3) is 3.08. The number of aryl methyl sites for hydroxylation is 1. The lowest BCUT2D eigenvalue weighted by atomic mass is 10.2. The Morgan fingerprint density at radius 3 is 2.86 bits per heavy atom. The average Bonchev–Trinajstić information content (AvgIpc) is 2.90. The van der Waals surface area contributed by atoms with Crippen molar-refractivity contribution in [3.8, 4) is 0 Å². The number of hydrogen-bond donors (Lipinski definition) is 2. The maximum absolute atomic E-state index is 11.9. The van der Waals surface area contributed by atoms with Crippen LogP contribution in [0.25, 0.3) is 10.9 Å². The summed E-state index contributed by atoms with van der Waals surface area (Å²) in [5, 5.41) is 4.03. The van der Waals surface area contributed by atoms with Crippen LogP contribution in [0, 0.1) is 6.92 Å². The number of carbonyl (C=O) groups is 1. The minimum Gasteiger partial charge on any atom is -0.358 e. The van der Waals surface area contributed by atoms with Crippen LogP contribution < -0.4 is 5.32 Å². The standard InChI is InChI=1S/C16H16N4O/c1-11-9-19-15(10-18-11)16(21)17-7-6-13-8-12-4-2-3-5-14(12)20-13/h2-5,8-10,20H,6-7H2,1H3,(H,17,21). The topological polar surface area (TPSA) is 70.7 Å². The van der Waals surface area contributed by atoms with E-state index in [2.05, 4.69) is 32.4 Å². The number of aromatic nitrogens is 3. The van der Waals surface area contributed by atoms with E-state index in [1.807, 2.05) is 25.1 Å². The largest absolute Gasteiger partial charge is 0.358 e. The van der Waals surface area contributed by atoms with Crippen LogP contribution >= 0.6 is 0 Å². The maximum Gasteiger partial charge on any atom is 0.271 e. The molecule has 2 N–H and O–H groups in total. The second kappa shape index (κ2) is 5.75. The van der Waals surface area contributed by atoms with Crippen LogP contribution in [0.2, 0.25) is 0 Å². The Morgan fingerprint density at radius 1 is 1.24 bits per heavy atom. The molecule has 5 nitrogen and oxygen atoms in total. The third-order valence-electron chi connectivity index (χ3n) is 3.28. The number of nitrogens with zero attached hydrogens (tertiary/aromatic N) is 2. The number of rotatable bonds is 4. The second-order valence-electron chi connectivity index (χ2n) is 4.93. The molecular formula is C16H16N4O. The van der Waals surface area contributed by atoms with Gasteiger partial charge in [0, 0.05) is 30.4 Å². The lowest BCUT2D eigenvalue weighted by Crippen LogP contribution is -2.26. The smallest absolute Gasteiger partial charge is 0.271 e. The molecule has 0 aliphatic rings. The summed E-state index contributed by atoms with van der Waals surface area (Å²) in [7, 11) is 0. The quantitative estimate of drug-likeness (QED) is 0.770. The first-order valence-corrected chi connectivity index (χ1v) is 6.86. The summed E-state index contributed by atoms with van der Waals surface area (Å²) >= 11 is 0. The molecule has 21 heavy (non-hydrogen) atoms. The number of fused-ring (bicyclic) bond motifs is 1. The Balaban J connectivity index is 1.58. The van der Waals surface area contributed by atoms with Gasteiger partial charge in [-0.15, -0.1) is 0 Å². The highest BCUT2D eigenvalue weighted by molar-refractivity contribution is 5.91. The lowest BCUT2D eigenvalue weighted by molar-refractivity contribution is 0.0948. The van der Waals surface area contributed by atoms with Crippen molar-refractivity contribution in [1.82, 2.24) is 20.3 Å². The van der Waals surface area contributed by atoms with Gasteiger partial charge in [0.2, 0.25) is 0 Å². The molecule has 0 radical (unpaired) electrons. The van der Waals surface area contributed by atoms with Gasteiger partial charge >= 0.3 is 0 Å². The van der Waals surface area contributed by atoms with E-state index >= 15 is 0 Å². The predicted molar refractivity (Wildman–Crippen MR) is 81.1 cm³/mol. The Kier molecular flexibility index (Phi) is 3.64. The Morgan fingerprint density at radius 2 is 2.10 bits per heavy atom. The third-order valence-corrected chi connectivity index (χ3v) is 3.28. The van der Waals surface area contributed by atoms with E-state index in [1.54, 1.807) is 6.20 Å². The van der Waals surface area contributed by atoms with E-state index in [0.717, 1.165) is 23.3 Å². The molecule has 5 heteroatoms. The zero-order valence-corrected chi connectivity index (χ0v) is 11.8. The lowest BCUT2D eigenvalue weighted by Gasteiger charge is -2.03. The molecule has 2 aromatic heterocycles. The molecule has 0 spiro atoms. The van der Waals surface area contributed by atoms with Gasteiger partial charge in [0.15, 0.2) is 0 Å². The zero-order chi connectivity index (χ0) is 14.7. The zero-order valence-electron chi connectivity index (χ0n) is 11.8. The second-order valence-corrected chi connectivity index (χ2v) is 4.93. The monoisotopic (exact) mass is 280 g/mol. The van der Waals surface area contributed by atoms with Crippen LogP contribution in [0.3, 0.4) is 0 Å². The van der Waals surface area contributed by atoms with E-state index in [0.29, 0.717) is 12.2 Å². The minimum absolute atomic E-state index is 0.196. The number of aromatic amines is 1. The molecule has 1 aromatic carbocycles.